The number of Topliss-reactive ketones (excluding diaryl/α,β-unsaturated/α-hetero) is 1. The number of aliphatic hydroxyl groups is 1. The van der Waals surface area contributed by atoms with Crippen LogP contribution in [0.15, 0.2) is 30.3 Å². The summed E-state index contributed by atoms with van der Waals surface area (Å²) in [5.41, 5.74) is 2.70. The number of benzene rings is 2. The van der Waals surface area contributed by atoms with E-state index >= 15 is 0 Å². The second-order valence-corrected chi connectivity index (χ2v) is 7.57. The Kier molecular flexibility index (Phi) is 3.98. The average molecular weight is 382 g/mol. The highest BCUT2D eigenvalue weighted by Crippen LogP contribution is 2.56. The Morgan fingerprint density at radius 2 is 1.71 bits per heavy atom. The van der Waals surface area contributed by atoms with Crippen molar-refractivity contribution in [2.24, 2.45) is 11.8 Å². The second kappa shape index (κ2) is 6.41. The lowest BCUT2D eigenvalue weighted by atomic mass is 9.66. The fraction of sp³-hybridized carbons (Fsp3) is 0.409. The van der Waals surface area contributed by atoms with Gasteiger partial charge in [-0.05, 0) is 47.4 Å². The zero-order valence-corrected chi connectivity index (χ0v) is 15.8. The van der Waals surface area contributed by atoms with Gasteiger partial charge in [0, 0.05) is 24.2 Å². The fourth-order valence-corrected chi connectivity index (χ4v) is 5.04. The number of rotatable bonds is 3. The first-order chi connectivity index (χ1) is 13.6. The Hall–Kier alpha value is -2.73. The van der Waals surface area contributed by atoms with Gasteiger partial charge in [0.2, 0.25) is 6.79 Å². The van der Waals surface area contributed by atoms with Crippen LogP contribution in [0.25, 0.3) is 0 Å². The molecule has 5 rings (SSSR count). The Morgan fingerprint density at radius 1 is 1.00 bits per heavy atom. The Morgan fingerprint density at radius 3 is 2.43 bits per heavy atom. The average Bonchev–Trinajstić information content (AvgIpc) is 3.33. The number of carbonyl (C=O) groups is 1. The summed E-state index contributed by atoms with van der Waals surface area (Å²) in [5, 5.41) is 11.0. The minimum absolute atomic E-state index is 0.0986. The Labute approximate surface area is 163 Å². The van der Waals surface area contributed by atoms with Gasteiger partial charge in [-0.15, -0.1) is 0 Å². The van der Waals surface area contributed by atoms with Gasteiger partial charge in [-0.2, -0.15) is 0 Å². The summed E-state index contributed by atoms with van der Waals surface area (Å²) in [6.45, 7) is 0.168. The number of hydrogen-bond donors (Lipinski definition) is 1. The molecule has 2 aromatic rings. The number of fused-ring (bicyclic) bond motifs is 3. The van der Waals surface area contributed by atoms with E-state index in [9.17, 15) is 9.90 Å². The Balaban J connectivity index is 1.71. The maximum absolute atomic E-state index is 12.8. The van der Waals surface area contributed by atoms with Crippen LogP contribution in [0.1, 0.15) is 41.6 Å². The SMILES string of the molecule is COc1ccc([C@@H]2c3cc4c(cc3[C@H](O)C3CCC(=O)[C@H]32)OCO4)cc1OC. The molecule has 1 aliphatic heterocycles. The second-order valence-electron chi connectivity index (χ2n) is 7.57. The van der Waals surface area contributed by atoms with E-state index in [0.29, 0.717) is 35.8 Å². The molecule has 1 unspecified atom stereocenters. The third kappa shape index (κ3) is 2.41. The minimum atomic E-state index is -0.683. The van der Waals surface area contributed by atoms with Crippen LogP contribution in [0.3, 0.4) is 0 Å². The van der Waals surface area contributed by atoms with Crippen LogP contribution < -0.4 is 18.9 Å². The molecule has 4 atom stereocenters. The molecular formula is C22H22O6. The number of methoxy groups -OCH3 is 2. The lowest BCUT2D eigenvalue weighted by Gasteiger charge is -2.38. The third-order valence-electron chi connectivity index (χ3n) is 6.32. The summed E-state index contributed by atoms with van der Waals surface area (Å²) in [6, 6.07) is 9.55. The van der Waals surface area contributed by atoms with E-state index in [1.807, 2.05) is 30.3 Å². The molecule has 0 spiro atoms. The van der Waals surface area contributed by atoms with Crippen molar-refractivity contribution in [1.82, 2.24) is 0 Å². The van der Waals surface area contributed by atoms with Crippen LogP contribution >= 0.6 is 0 Å². The van der Waals surface area contributed by atoms with E-state index in [1.54, 1.807) is 14.2 Å². The molecule has 1 N–H and O–H groups in total. The maximum Gasteiger partial charge on any atom is 0.231 e. The summed E-state index contributed by atoms with van der Waals surface area (Å²) in [6.07, 6.45) is 0.511. The number of carbonyl (C=O) groups excluding carboxylic acids is 1. The van der Waals surface area contributed by atoms with Gasteiger partial charge >= 0.3 is 0 Å². The molecule has 0 radical (unpaired) electrons. The van der Waals surface area contributed by atoms with Crippen molar-refractivity contribution in [3.63, 3.8) is 0 Å². The van der Waals surface area contributed by atoms with E-state index in [2.05, 4.69) is 0 Å². The molecule has 146 valence electrons. The normalized spacial score (nSPS) is 27.3. The van der Waals surface area contributed by atoms with Crippen LogP contribution in [0.2, 0.25) is 0 Å². The molecule has 28 heavy (non-hydrogen) atoms. The zero-order valence-electron chi connectivity index (χ0n) is 15.8. The number of aliphatic hydroxyl groups excluding tert-OH is 1. The maximum atomic E-state index is 12.8. The lowest BCUT2D eigenvalue weighted by Crippen LogP contribution is -2.33. The summed E-state index contributed by atoms with van der Waals surface area (Å²) in [4.78, 5) is 12.8. The van der Waals surface area contributed by atoms with Gasteiger partial charge in [0.05, 0.1) is 20.3 Å². The van der Waals surface area contributed by atoms with Gasteiger partial charge in [0.15, 0.2) is 23.0 Å². The van der Waals surface area contributed by atoms with Crippen molar-refractivity contribution in [2.75, 3.05) is 21.0 Å². The van der Waals surface area contributed by atoms with Crippen LogP contribution in [0.5, 0.6) is 23.0 Å². The molecule has 3 aliphatic rings. The number of ketones is 1. The first kappa shape index (κ1) is 17.4. The van der Waals surface area contributed by atoms with E-state index in [1.165, 1.54) is 0 Å². The van der Waals surface area contributed by atoms with E-state index in [0.717, 1.165) is 16.7 Å². The molecule has 0 amide bonds. The number of ether oxygens (including phenoxy) is 4. The van der Waals surface area contributed by atoms with Crippen molar-refractivity contribution >= 4 is 5.78 Å². The minimum Gasteiger partial charge on any atom is -0.493 e. The summed E-state index contributed by atoms with van der Waals surface area (Å²) >= 11 is 0. The third-order valence-corrected chi connectivity index (χ3v) is 6.32. The van der Waals surface area contributed by atoms with Crippen molar-refractivity contribution in [3.05, 3.63) is 47.0 Å². The van der Waals surface area contributed by atoms with Crippen molar-refractivity contribution in [3.8, 4) is 23.0 Å². The van der Waals surface area contributed by atoms with Gasteiger partial charge in [-0.25, -0.2) is 0 Å². The van der Waals surface area contributed by atoms with Crippen molar-refractivity contribution in [1.29, 1.82) is 0 Å². The molecule has 1 saturated carbocycles. The largest absolute Gasteiger partial charge is 0.493 e. The van der Waals surface area contributed by atoms with E-state index in [-0.39, 0.29) is 30.3 Å². The smallest absolute Gasteiger partial charge is 0.231 e. The topological polar surface area (TPSA) is 74.2 Å². The molecule has 0 bridgehead atoms. The molecular weight excluding hydrogens is 360 g/mol. The molecule has 1 heterocycles. The molecule has 6 heteroatoms. The van der Waals surface area contributed by atoms with Crippen molar-refractivity contribution < 1.29 is 28.8 Å². The highest BCUT2D eigenvalue weighted by Gasteiger charge is 2.50. The van der Waals surface area contributed by atoms with Crippen LogP contribution in [0.4, 0.5) is 0 Å². The predicted molar refractivity (Wildman–Crippen MR) is 100 cm³/mol. The molecule has 1 fully saturated rings. The van der Waals surface area contributed by atoms with Gasteiger partial charge in [-0.1, -0.05) is 6.07 Å². The van der Waals surface area contributed by atoms with E-state index < -0.39 is 6.10 Å². The summed E-state index contributed by atoms with van der Waals surface area (Å²) in [5.74, 6) is 2.23. The lowest BCUT2D eigenvalue weighted by molar-refractivity contribution is -0.122. The van der Waals surface area contributed by atoms with Crippen LogP contribution in [-0.4, -0.2) is 31.9 Å². The quantitative estimate of drug-likeness (QED) is 0.879. The summed E-state index contributed by atoms with van der Waals surface area (Å²) in [7, 11) is 3.20. The molecule has 2 aliphatic carbocycles. The van der Waals surface area contributed by atoms with Crippen LogP contribution in [-0.2, 0) is 4.79 Å². The van der Waals surface area contributed by atoms with Crippen LogP contribution in [0, 0.1) is 11.8 Å². The molecule has 0 saturated heterocycles. The standard InChI is InChI=1S/C22H22O6/c1-25-16-6-3-11(7-17(16)26-2)20-13-8-18-19(28-10-27-18)9-14(13)22(24)12-4-5-15(23)21(12)20/h3,6-9,12,20-22,24H,4-5,10H2,1-2H3/t12?,20-,21+,22-/m1/s1. The van der Waals surface area contributed by atoms with Gasteiger partial charge in [-0.3, -0.25) is 4.79 Å². The van der Waals surface area contributed by atoms with Gasteiger partial charge in [0.1, 0.15) is 5.78 Å². The molecule has 2 aromatic carbocycles. The monoisotopic (exact) mass is 382 g/mol. The highest BCUT2D eigenvalue weighted by molar-refractivity contribution is 5.86. The van der Waals surface area contributed by atoms with Gasteiger partial charge < -0.3 is 24.1 Å². The van der Waals surface area contributed by atoms with Crippen molar-refractivity contribution in [2.45, 2.75) is 24.9 Å². The number of hydrogen-bond acceptors (Lipinski definition) is 6. The zero-order chi connectivity index (χ0) is 19.4. The van der Waals surface area contributed by atoms with Gasteiger partial charge in [0.25, 0.3) is 0 Å². The van der Waals surface area contributed by atoms with E-state index in [4.69, 9.17) is 18.9 Å². The highest BCUT2D eigenvalue weighted by atomic mass is 16.7. The molecule has 0 aromatic heterocycles. The fourth-order valence-electron chi connectivity index (χ4n) is 5.04. The first-order valence-corrected chi connectivity index (χ1v) is 9.48. The first-order valence-electron chi connectivity index (χ1n) is 9.48. The Bertz CT molecular complexity index is 952. The predicted octanol–water partition coefficient (Wildman–Crippen LogP) is 3.21. The summed E-state index contributed by atoms with van der Waals surface area (Å²) < 4.78 is 21.9. The molecule has 6 nitrogen and oxygen atoms in total.